The molecule has 16 heavy (non-hydrogen) atoms. The fraction of sp³-hybridized carbons (Fsp3) is 0.417. The van der Waals surface area contributed by atoms with E-state index >= 15 is 0 Å². The SMILES string of the molecule is CC1(Nc2nc3ccccc3s2)CCOC1. The molecule has 0 radical (unpaired) electrons. The van der Waals surface area contributed by atoms with Gasteiger partial charge in [0.15, 0.2) is 5.13 Å². The van der Waals surface area contributed by atoms with Crippen molar-refractivity contribution in [3.8, 4) is 0 Å². The largest absolute Gasteiger partial charge is 0.379 e. The van der Waals surface area contributed by atoms with Gasteiger partial charge >= 0.3 is 0 Å². The topological polar surface area (TPSA) is 34.2 Å². The van der Waals surface area contributed by atoms with Crippen molar-refractivity contribution < 1.29 is 4.74 Å². The lowest BCUT2D eigenvalue weighted by Gasteiger charge is -2.22. The van der Waals surface area contributed by atoms with Crippen LogP contribution in [-0.2, 0) is 4.74 Å². The number of nitrogens with zero attached hydrogens (tertiary/aromatic N) is 1. The van der Waals surface area contributed by atoms with Crippen LogP contribution in [0.4, 0.5) is 5.13 Å². The number of para-hydroxylation sites is 1. The summed E-state index contributed by atoms with van der Waals surface area (Å²) < 4.78 is 6.65. The molecule has 84 valence electrons. The van der Waals surface area contributed by atoms with E-state index in [9.17, 15) is 0 Å². The van der Waals surface area contributed by atoms with Crippen LogP contribution in [0.3, 0.4) is 0 Å². The smallest absolute Gasteiger partial charge is 0.184 e. The maximum atomic E-state index is 5.42. The highest BCUT2D eigenvalue weighted by atomic mass is 32.1. The Morgan fingerprint density at radius 1 is 1.44 bits per heavy atom. The third-order valence-electron chi connectivity index (χ3n) is 2.92. The molecule has 1 N–H and O–H groups in total. The van der Waals surface area contributed by atoms with E-state index in [-0.39, 0.29) is 5.54 Å². The van der Waals surface area contributed by atoms with E-state index in [0.717, 1.165) is 30.3 Å². The van der Waals surface area contributed by atoms with Gasteiger partial charge in [-0.2, -0.15) is 0 Å². The van der Waals surface area contributed by atoms with Gasteiger partial charge in [-0.05, 0) is 25.5 Å². The highest BCUT2D eigenvalue weighted by Gasteiger charge is 2.30. The zero-order valence-electron chi connectivity index (χ0n) is 9.19. The first-order valence-corrected chi connectivity index (χ1v) is 6.28. The average Bonchev–Trinajstić information content (AvgIpc) is 2.84. The molecule has 0 aliphatic carbocycles. The van der Waals surface area contributed by atoms with Crippen molar-refractivity contribution in [2.75, 3.05) is 18.5 Å². The Morgan fingerprint density at radius 3 is 3.06 bits per heavy atom. The van der Waals surface area contributed by atoms with Crippen molar-refractivity contribution in [1.29, 1.82) is 0 Å². The Balaban J connectivity index is 1.89. The van der Waals surface area contributed by atoms with E-state index in [1.807, 2.05) is 18.2 Å². The molecule has 0 amide bonds. The van der Waals surface area contributed by atoms with E-state index in [0.29, 0.717) is 0 Å². The average molecular weight is 234 g/mol. The van der Waals surface area contributed by atoms with Crippen molar-refractivity contribution >= 4 is 26.7 Å². The van der Waals surface area contributed by atoms with Gasteiger partial charge in [0.1, 0.15) is 0 Å². The molecule has 2 heterocycles. The number of aromatic nitrogens is 1. The zero-order valence-corrected chi connectivity index (χ0v) is 10.0. The monoisotopic (exact) mass is 234 g/mol. The number of hydrogen-bond acceptors (Lipinski definition) is 4. The summed E-state index contributed by atoms with van der Waals surface area (Å²) in [6, 6.07) is 8.22. The van der Waals surface area contributed by atoms with Gasteiger partial charge in [-0.3, -0.25) is 0 Å². The molecule has 1 atom stereocenters. The van der Waals surface area contributed by atoms with Crippen molar-refractivity contribution in [1.82, 2.24) is 4.98 Å². The van der Waals surface area contributed by atoms with Crippen LogP contribution in [0.1, 0.15) is 13.3 Å². The lowest BCUT2D eigenvalue weighted by molar-refractivity contribution is 0.185. The van der Waals surface area contributed by atoms with Crippen LogP contribution in [0.15, 0.2) is 24.3 Å². The maximum absolute atomic E-state index is 5.42. The minimum atomic E-state index is 0.0495. The Bertz CT molecular complexity index is 469. The normalized spacial score (nSPS) is 25.1. The van der Waals surface area contributed by atoms with E-state index in [1.165, 1.54) is 4.70 Å². The Labute approximate surface area is 98.5 Å². The molecule has 1 aliphatic heterocycles. The van der Waals surface area contributed by atoms with Gasteiger partial charge in [0.2, 0.25) is 0 Å². The van der Waals surface area contributed by atoms with Crippen molar-refractivity contribution in [2.45, 2.75) is 18.9 Å². The van der Waals surface area contributed by atoms with Gasteiger partial charge in [-0.1, -0.05) is 23.5 Å². The van der Waals surface area contributed by atoms with Crippen molar-refractivity contribution in [3.63, 3.8) is 0 Å². The van der Waals surface area contributed by atoms with Crippen LogP contribution in [0.5, 0.6) is 0 Å². The summed E-state index contributed by atoms with van der Waals surface area (Å²) in [7, 11) is 0. The van der Waals surface area contributed by atoms with E-state index in [1.54, 1.807) is 11.3 Å². The van der Waals surface area contributed by atoms with Crippen molar-refractivity contribution in [2.24, 2.45) is 0 Å². The first-order chi connectivity index (χ1) is 7.75. The Kier molecular flexibility index (Phi) is 2.33. The van der Waals surface area contributed by atoms with Gasteiger partial charge in [-0.25, -0.2) is 4.98 Å². The van der Waals surface area contributed by atoms with Crippen LogP contribution in [-0.4, -0.2) is 23.7 Å². The summed E-state index contributed by atoms with van der Waals surface area (Å²) in [6.07, 6.45) is 1.04. The maximum Gasteiger partial charge on any atom is 0.184 e. The molecular formula is C12H14N2OS. The molecule has 1 fully saturated rings. The third kappa shape index (κ3) is 1.79. The number of hydrogen-bond donors (Lipinski definition) is 1. The molecule has 3 nitrogen and oxygen atoms in total. The first-order valence-electron chi connectivity index (χ1n) is 5.47. The zero-order chi connectivity index (χ0) is 11.0. The summed E-state index contributed by atoms with van der Waals surface area (Å²) in [5.74, 6) is 0. The fourth-order valence-corrected chi connectivity index (χ4v) is 2.96. The molecule has 0 spiro atoms. The number of nitrogens with one attached hydrogen (secondary N) is 1. The molecule has 3 rings (SSSR count). The minimum Gasteiger partial charge on any atom is -0.379 e. The van der Waals surface area contributed by atoms with Gasteiger partial charge in [0, 0.05) is 6.61 Å². The van der Waals surface area contributed by atoms with Gasteiger partial charge < -0.3 is 10.1 Å². The molecule has 1 unspecified atom stereocenters. The van der Waals surface area contributed by atoms with Crippen LogP contribution in [0.25, 0.3) is 10.2 Å². The lowest BCUT2D eigenvalue weighted by atomic mass is 10.0. The Hall–Kier alpha value is -1.13. The van der Waals surface area contributed by atoms with E-state index in [2.05, 4.69) is 23.3 Å². The molecule has 1 saturated heterocycles. The molecule has 0 saturated carbocycles. The van der Waals surface area contributed by atoms with Gasteiger partial charge in [0.25, 0.3) is 0 Å². The predicted molar refractivity (Wildman–Crippen MR) is 67.1 cm³/mol. The van der Waals surface area contributed by atoms with E-state index < -0.39 is 0 Å². The number of rotatable bonds is 2. The lowest BCUT2D eigenvalue weighted by Crippen LogP contribution is -2.34. The number of ether oxygens (including phenoxy) is 1. The predicted octanol–water partition coefficient (Wildman–Crippen LogP) is 2.89. The highest BCUT2D eigenvalue weighted by molar-refractivity contribution is 7.22. The second-order valence-electron chi connectivity index (χ2n) is 4.47. The summed E-state index contributed by atoms with van der Waals surface area (Å²) in [6.45, 7) is 3.80. The molecule has 0 bridgehead atoms. The first kappa shape index (κ1) is 10.1. The quantitative estimate of drug-likeness (QED) is 0.867. The highest BCUT2D eigenvalue weighted by Crippen LogP contribution is 2.30. The molecule has 1 aliphatic rings. The minimum absolute atomic E-state index is 0.0495. The second kappa shape index (κ2) is 3.71. The van der Waals surface area contributed by atoms with Crippen LogP contribution in [0.2, 0.25) is 0 Å². The summed E-state index contributed by atoms with van der Waals surface area (Å²) in [4.78, 5) is 4.57. The van der Waals surface area contributed by atoms with Gasteiger partial charge in [0.05, 0.1) is 22.4 Å². The van der Waals surface area contributed by atoms with E-state index in [4.69, 9.17) is 4.74 Å². The van der Waals surface area contributed by atoms with Crippen molar-refractivity contribution in [3.05, 3.63) is 24.3 Å². The molecule has 1 aromatic carbocycles. The van der Waals surface area contributed by atoms with Gasteiger partial charge in [-0.15, -0.1) is 0 Å². The number of thiazole rings is 1. The van der Waals surface area contributed by atoms with Crippen LogP contribution >= 0.6 is 11.3 Å². The summed E-state index contributed by atoms with van der Waals surface area (Å²) in [5, 5.41) is 4.48. The van der Waals surface area contributed by atoms with Crippen LogP contribution in [0, 0.1) is 0 Å². The summed E-state index contributed by atoms with van der Waals surface area (Å²) >= 11 is 1.70. The molecule has 2 aromatic rings. The second-order valence-corrected chi connectivity index (χ2v) is 5.51. The number of fused-ring (bicyclic) bond motifs is 1. The molecular weight excluding hydrogens is 220 g/mol. The number of benzene rings is 1. The molecule has 1 aromatic heterocycles. The Morgan fingerprint density at radius 2 is 2.31 bits per heavy atom. The summed E-state index contributed by atoms with van der Waals surface area (Å²) in [5.41, 5.74) is 1.12. The third-order valence-corrected chi connectivity index (χ3v) is 3.87. The standard InChI is InChI=1S/C12H14N2OS/c1-12(6-7-15-8-12)14-11-13-9-4-2-3-5-10(9)16-11/h2-5H,6-8H2,1H3,(H,13,14). The fourth-order valence-electron chi connectivity index (χ4n) is 1.95. The van der Waals surface area contributed by atoms with Crippen LogP contribution < -0.4 is 5.32 Å². The molecule has 4 heteroatoms. The number of anilines is 1.